The fraction of sp³-hybridized carbons (Fsp3) is 0.200. The van der Waals surface area contributed by atoms with Crippen molar-refractivity contribution in [2.75, 3.05) is 11.9 Å². The zero-order valence-electron chi connectivity index (χ0n) is 15.5. The zero-order valence-corrected chi connectivity index (χ0v) is 16.3. The number of pyridine rings is 1. The van der Waals surface area contributed by atoms with Crippen LogP contribution in [0.5, 0.6) is 5.75 Å². The maximum Gasteiger partial charge on any atom is 0.293 e. The van der Waals surface area contributed by atoms with E-state index in [1.807, 2.05) is 12.1 Å². The fourth-order valence-corrected chi connectivity index (χ4v) is 2.72. The molecule has 0 saturated heterocycles. The summed E-state index contributed by atoms with van der Waals surface area (Å²) in [5, 5.41) is 4.24. The fourth-order valence-electron chi connectivity index (χ4n) is 2.58. The first kappa shape index (κ1) is 19.4. The van der Waals surface area contributed by atoms with Gasteiger partial charge in [-0.05, 0) is 44.0 Å². The molecule has 0 bridgehead atoms. The lowest BCUT2D eigenvalue weighted by Gasteiger charge is -2.12. The van der Waals surface area contributed by atoms with Crippen LogP contribution in [-0.4, -0.2) is 26.9 Å². The number of ketones is 1. The van der Waals surface area contributed by atoms with Crippen molar-refractivity contribution in [1.29, 1.82) is 0 Å². The van der Waals surface area contributed by atoms with Crippen molar-refractivity contribution >= 4 is 39.8 Å². The van der Waals surface area contributed by atoms with Gasteiger partial charge in [0.15, 0.2) is 17.4 Å². The highest BCUT2D eigenvalue weighted by molar-refractivity contribution is 6.32. The molecule has 28 heavy (non-hydrogen) atoms. The van der Waals surface area contributed by atoms with Gasteiger partial charge in [-0.15, -0.1) is 0 Å². The third kappa shape index (κ3) is 4.13. The number of anilines is 2. The topological polar surface area (TPSA) is 86.1 Å². The first-order chi connectivity index (χ1) is 13.4. The number of carbonyl (C=O) groups is 1. The average Bonchev–Trinajstić information content (AvgIpc) is 2.66. The molecule has 0 saturated carbocycles. The lowest BCUT2D eigenvalue weighted by atomic mass is 10.2. The Morgan fingerprint density at radius 2 is 2.14 bits per heavy atom. The van der Waals surface area contributed by atoms with Crippen LogP contribution in [0.15, 0.2) is 35.3 Å². The van der Waals surface area contributed by atoms with Crippen molar-refractivity contribution in [3.63, 3.8) is 0 Å². The minimum absolute atomic E-state index is 0.114. The molecule has 0 amide bonds. The molecular weight excluding hydrogens is 380 g/mol. The Kier molecular flexibility index (Phi) is 5.62. The molecule has 0 fully saturated rings. The molecular formula is C20H17ClN4O3. The first-order valence-corrected chi connectivity index (χ1v) is 8.75. The van der Waals surface area contributed by atoms with Gasteiger partial charge in [-0.3, -0.25) is 9.59 Å². The molecule has 8 heteroatoms. The Balaban J connectivity index is 2.00. The van der Waals surface area contributed by atoms with Gasteiger partial charge in [0.1, 0.15) is 11.6 Å². The van der Waals surface area contributed by atoms with E-state index in [9.17, 15) is 9.59 Å². The zero-order chi connectivity index (χ0) is 20.3. The van der Waals surface area contributed by atoms with Gasteiger partial charge in [-0.25, -0.2) is 9.97 Å². The molecule has 0 unspecified atom stereocenters. The molecule has 3 aromatic rings. The van der Waals surface area contributed by atoms with E-state index in [2.05, 4.69) is 27.1 Å². The smallest absolute Gasteiger partial charge is 0.293 e. The molecule has 7 nitrogen and oxygen atoms in total. The van der Waals surface area contributed by atoms with Gasteiger partial charge in [0.05, 0.1) is 11.7 Å². The summed E-state index contributed by atoms with van der Waals surface area (Å²) >= 11 is 6.17. The Hall–Kier alpha value is -3.37. The monoisotopic (exact) mass is 396 g/mol. The Bertz CT molecular complexity index is 1190. The van der Waals surface area contributed by atoms with E-state index in [1.165, 1.54) is 17.7 Å². The normalized spacial score (nSPS) is 10.3. The Morgan fingerprint density at radius 1 is 1.36 bits per heavy atom. The molecule has 1 N–H and O–H groups in total. The summed E-state index contributed by atoms with van der Waals surface area (Å²) in [6.07, 6.45) is 1.48. The predicted molar refractivity (Wildman–Crippen MR) is 108 cm³/mol. The van der Waals surface area contributed by atoms with E-state index in [0.717, 1.165) is 10.9 Å². The van der Waals surface area contributed by atoms with Crippen molar-refractivity contribution in [1.82, 2.24) is 14.5 Å². The van der Waals surface area contributed by atoms with E-state index in [4.69, 9.17) is 16.3 Å². The van der Waals surface area contributed by atoms with Crippen molar-refractivity contribution in [3.05, 3.63) is 51.7 Å². The minimum Gasteiger partial charge on any atom is -0.480 e. The number of halogens is 1. The number of nitrogens with one attached hydrogen (secondary N) is 1. The van der Waals surface area contributed by atoms with Crippen LogP contribution >= 0.6 is 11.6 Å². The molecule has 0 radical (unpaired) electrons. The molecule has 3 rings (SSSR count). The van der Waals surface area contributed by atoms with Crippen molar-refractivity contribution in [2.24, 2.45) is 7.05 Å². The van der Waals surface area contributed by atoms with Crippen LogP contribution in [0.25, 0.3) is 10.9 Å². The molecule has 0 aliphatic rings. The van der Waals surface area contributed by atoms with Gasteiger partial charge in [-0.2, -0.15) is 0 Å². The van der Waals surface area contributed by atoms with Crippen LogP contribution < -0.4 is 15.6 Å². The number of rotatable bonds is 5. The molecule has 142 valence electrons. The molecule has 0 aliphatic heterocycles. The summed E-state index contributed by atoms with van der Waals surface area (Å²) in [7, 11) is 1.65. The maximum absolute atomic E-state index is 12.4. The van der Waals surface area contributed by atoms with Crippen molar-refractivity contribution in [3.8, 4) is 17.6 Å². The van der Waals surface area contributed by atoms with E-state index in [0.29, 0.717) is 22.4 Å². The lowest BCUT2D eigenvalue weighted by Crippen LogP contribution is -2.21. The number of aromatic nitrogens is 3. The van der Waals surface area contributed by atoms with Crippen LogP contribution in [0.4, 0.5) is 11.5 Å². The minimum atomic E-state index is -0.309. The second-order valence-electron chi connectivity index (χ2n) is 6.03. The highest BCUT2D eigenvalue weighted by Gasteiger charge is 2.11. The number of nitrogens with zero attached hydrogens (tertiary/aromatic N) is 3. The summed E-state index contributed by atoms with van der Waals surface area (Å²) in [5.41, 5.74) is 1.12. The summed E-state index contributed by atoms with van der Waals surface area (Å²) in [4.78, 5) is 31.9. The number of hydrogen-bond donors (Lipinski definition) is 1. The molecule has 2 heterocycles. The summed E-state index contributed by atoms with van der Waals surface area (Å²) < 4.78 is 6.82. The largest absolute Gasteiger partial charge is 0.480 e. The third-order valence-corrected chi connectivity index (χ3v) is 4.14. The predicted octanol–water partition coefficient (Wildman–Crippen LogP) is 3.06. The highest BCUT2D eigenvalue weighted by atomic mass is 35.5. The third-order valence-electron chi connectivity index (χ3n) is 3.87. The number of aryl methyl sites for hydroxylation is 1. The second kappa shape index (κ2) is 8.11. The summed E-state index contributed by atoms with van der Waals surface area (Å²) in [5.74, 6) is 6.25. The molecule has 0 spiro atoms. The average molecular weight is 397 g/mol. The molecule has 0 aliphatic carbocycles. The second-order valence-corrected chi connectivity index (χ2v) is 6.43. The van der Waals surface area contributed by atoms with E-state index in [-0.39, 0.29) is 23.7 Å². The van der Waals surface area contributed by atoms with Crippen LogP contribution in [0, 0.1) is 11.8 Å². The van der Waals surface area contributed by atoms with E-state index >= 15 is 0 Å². The Labute approximate surface area is 166 Å². The van der Waals surface area contributed by atoms with Crippen LogP contribution in [0.3, 0.4) is 0 Å². The summed E-state index contributed by atoms with van der Waals surface area (Å²) in [6.45, 7) is 2.94. The standard InChI is InChI=1S/C20H17ClN4O3/c1-4-5-18-22-10-15(21)19(24-18)23-14-6-7-16-13(8-14)9-17(20(27)25(16)3)28-11-12(2)26/h6-10H,11H2,1-3H3,(H,22,23,24). The quantitative estimate of drug-likeness (QED) is 0.667. The van der Waals surface area contributed by atoms with Gasteiger partial charge in [0, 0.05) is 18.1 Å². The molecule has 2 aromatic heterocycles. The maximum atomic E-state index is 12.4. The van der Waals surface area contributed by atoms with Gasteiger partial charge >= 0.3 is 0 Å². The Morgan fingerprint density at radius 3 is 2.86 bits per heavy atom. The number of hydrogen-bond acceptors (Lipinski definition) is 6. The van der Waals surface area contributed by atoms with Gasteiger partial charge in [-0.1, -0.05) is 17.5 Å². The van der Waals surface area contributed by atoms with Gasteiger partial charge < -0.3 is 14.6 Å². The molecule has 1 aromatic carbocycles. The van der Waals surface area contributed by atoms with Crippen molar-refractivity contribution < 1.29 is 9.53 Å². The SMILES string of the molecule is CC#Cc1ncc(Cl)c(Nc2ccc3c(c2)cc(OCC(C)=O)c(=O)n3C)n1. The van der Waals surface area contributed by atoms with E-state index in [1.54, 1.807) is 26.1 Å². The summed E-state index contributed by atoms with van der Waals surface area (Å²) in [6, 6.07) is 7.05. The molecule has 0 atom stereocenters. The number of carbonyl (C=O) groups excluding carboxylic acids is 1. The van der Waals surface area contributed by atoms with Gasteiger partial charge in [0.2, 0.25) is 5.82 Å². The highest BCUT2D eigenvalue weighted by Crippen LogP contribution is 2.26. The van der Waals surface area contributed by atoms with E-state index < -0.39 is 0 Å². The van der Waals surface area contributed by atoms with Crippen LogP contribution in [0.2, 0.25) is 5.02 Å². The number of benzene rings is 1. The number of Topliss-reactive ketones (excluding diaryl/α,β-unsaturated/α-hetero) is 1. The number of fused-ring (bicyclic) bond motifs is 1. The number of ether oxygens (including phenoxy) is 1. The van der Waals surface area contributed by atoms with Crippen molar-refractivity contribution in [2.45, 2.75) is 13.8 Å². The van der Waals surface area contributed by atoms with Gasteiger partial charge in [0.25, 0.3) is 5.56 Å². The van der Waals surface area contributed by atoms with Crippen LogP contribution in [-0.2, 0) is 11.8 Å². The first-order valence-electron chi connectivity index (χ1n) is 8.37. The lowest BCUT2D eigenvalue weighted by molar-refractivity contribution is -0.118. The van der Waals surface area contributed by atoms with Crippen LogP contribution in [0.1, 0.15) is 19.7 Å².